The summed E-state index contributed by atoms with van der Waals surface area (Å²) in [7, 11) is 0. The minimum atomic E-state index is -0.411. The molecular formula is C15H23NO4S. The molecule has 1 rings (SSSR count). The maximum atomic E-state index is 12.0. The van der Waals surface area contributed by atoms with Gasteiger partial charge in [0, 0.05) is 4.88 Å². The lowest BCUT2D eigenvalue weighted by Gasteiger charge is -2.18. The van der Waals surface area contributed by atoms with E-state index in [0.29, 0.717) is 17.2 Å². The van der Waals surface area contributed by atoms with Crippen molar-refractivity contribution in [1.29, 1.82) is 0 Å². The average Bonchev–Trinajstić information content (AvgIpc) is 2.62. The first-order valence-electron chi connectivity index (χ1n) is 6.86. The number of aryl methyl sites for hydroxylation is 1. The van der Waals surface area contributed by atoms with Crippen LogP contribution in [0.5, 0.6) is 0 Å². The number of carbonyl (C=O) groups excluding carboxylic acids is 2. The molecular weight excluding hydrogens is 290 g/mol. The van der Waals surface area contributed by atoms with Gasteiger partial charge in [0.05, 0.1) is 17.8 Å². The summed E-state index contributed by atoms with van der Waals surface area (Å²) in [5, 5.41) is 3.26. The van der Waals surface area contributed by atoms with Gasteiger partial charge in [-0.2, -0.15) is 0 Å². The van der Waals surface area contributed by atoms with Crippen LogP contribution in [0.1, 0.15) is 48.5 Å². The van der Waals surface area contributed by atoms with Gasteiger partial charge in [-0.3, -0.25) is 4.79 Å². The van der Waals surface area contributed by atoms with Gasteiger partial charge >= 0.3 is 5.97 Å². The molecule has 6 heteroatoms. The van der Waals surface area contributed by atoms with E-state index in [0.717, 1.165) is 10.4 Å². The summed E-state index contributed by atoms with van der Waals surface area (Å²) >= 11 is 1.37. The third-order valence-electron chi connectivity index (χ3n) is 2.75. The Balaban J connectivity index is 2.86. The summed E-state index contributed by atoms with van der Waals surface area (Å²) in [6, 6.07) is 0. The van der Waals surface area contributed by atoms with E-state index in [4.69, 9.17) is 9.47 Å². The molecule has 118 valence electrons. The van der Waals surface area contributed by atoms with Crippen LogP contribution < -0.4 is 5.32 Å². The zero-order valence-corrected chi connectivity index (χ0v) is 14.3. The van der Waals surface area contributed by atoms with Crippen LogP contribution in [0.3, 0.4) is 0 Å². The fraction of sp³-hybridized carbons (Fsp3) is 0.600. The van der Waals surface area contributed by atoms with Crippen molar-refractivity contribution in [2.24, 2.45) is 0 Å². The quantitative estimate of drug-likeness (QED) is 0.847. The molecule has 0 radical (unpaired) electrons. The summed E-state index contributed by atoms with van der Waals surface area (Å²) < 4.78 is 10.5. The molecule has 0 spiro atoms. The average molecular weight is 313 g/mol. The predicted molar refractivity (Wildman–Crippen MR) is 84.1 cm³/mol. The largest absolute Gasteiger partial charge is 0.462 e. The van der Waals surface area contributed by atoms with Crippen LogP contribution >= 0.6 is 11.3 Å². The van der Waals surface area contributed by atoms with Gasteiger partial charge in [-0.25, -0.2) is 4.79 Å². The lowest BCUT2D eigenvalue weighted by Crippen LogP contribution is -2.27. The number of rotatable bonds is 5. The first-order valence-corrected chi connectivity index (χ1v) is 7.68. The first-order chi connectivity index (χ1) is 9.65. The van der Waals surface area contributed by atoms with E-state index in [1.54, 1.807) is 6.92 Å². The molecule has 0 aromatic carbocycles. The van der Waals surface area contributed by atoms with Crippen LogP contribution in [0.2, 0.25) is 0 Å². The Labute approximate surface area is 129 Å². The Bertz CT molecular complexity index is 529. The highest BCUT2D eigenvalue weighted by atomic mass is 32.1. The number of hydrogen-bond acceptors (Lipinski definition) is 5. The smallest absolute Gasteiger partial charge is 0.341 e. The molecule has 1 aromatic heterocycles. The fourth-order valence-electron chi connectivity index (χ4n) is 1.61. The minimum absolute atomic E-state index is 0.0538. The van der Waals surface area contributed by atoms with Crippen LogP contribution in [0.25, 0.3) is 0 Å². The first kappa shape index (κ1) is 17.7. The summed E-state index contributed by atoms with van der Waals surface area (Å²) in [6.45, 7) is 11.4. The Morgan fingerprint density at radius 1 is 1.24 bits per heavy atom. The van der Waals surface area contributed by atoms with Crippen molar-refractivity contribution in [3.63, 3.8) is 0 Å². The summed E-state index contributed by atoms with van der Waals surface area (Å²) in [5.74, 6) is -0.692. The SMILES string of the molecule is CCOC(=O)c1c(NC(=O)COC(C)(C)C)sc(C)c1C. The molecule has 21 heavy (non-hydrogen) atoms. The Morgan fingerprint density at radius 2 is 1.86 bits per heavy atom. The van der Waals surface area contributed by atoms with Crippen LogP contribution in [0.15, 0.2) is 0 Å². The number of amides is 1. The molecule has 0 fully saturated rings. The second-order valence-electron chi connectivity index (χ2n) is 5.66. The maximum Gasteiger partial charge on any atom is 0.341 e. The van der Waals surface area contributed by atoms with Crippen LogP contribution in [0.4, 0.5) is 5.00 Å². The second kappa shape index (κ2) is 7.04. The van der Waals surface area contributed by atoms with Crippen molar-refractivity contribution in [3.8, 4) is 0 Å². The number of esters is 1. The molecule has 0 aliphatic rings. The van der Waals surface area contributed by atoms with E-state index in [1.807, 2.05) is 34.6 Å². The second-order valence-corrected chi connectivity index (χ2v) is 6.88. The summed E-state index contributed by atoms with van der Waals surface area (Å²) in [4.78, 5) is 24.9. The number of hydrogen-bond donors (Lipinski definition) is 1. The van der Waals surface area contributed by atoms with Gasteiger partial charge in [-0.1, -0.05) is 0 Å². The van der Waals surface area contributed by atoms with E-state index >= 15 is 0 Å². The highest BCUT2D eigenvalue weighted by Crippen LogP contribution is 2.33. The van der Waals surface area contributed by atoms with Gasteiger partial charge in [0.25, 0.3) is 5.91 Å². The van der Waals surface area contributed by atoms with Crippen LogP contribution in [-0.2, 0) is 14.3 Å². The summed E-state index contributed by atoms with van der Waals surface area (Å²) in [5.41, 5.74) is 0.886. The molecule has 0 saturated carbocycles. The van der Waals surface area contributed by atoms with Gasteiger partial charge in [0.15, 0.2) is 0 Å². The number of thiophene rings is 1. The van der Waals surface area contributed by atoms with Gasteiger partial charge in [-0.05, 0) is 47.1 Å². The molecule has 1 N–H and O–H groups in total. The van der Waals surface area contributed by atoms with Crippen molar-refractivity contribution in [1.82, 2.24) is 0 Å². The van der Waals surface area contributed by atoms with E-state index in [-0.39, 0.29) is 18.1 Å². The summed E-state index contributed by atoms with van der Waals surface area (Å²) in [6.07, 6.45) is 0. The van der Waals surface area contributed by atoms with Crippen LogP contribution in [0, 0.1) is 13.8 Å². The van der Waals surface area contributed by atoms with Gasteiger partial charge in [-0.15, -0.1) is 11.3 Å². The third-order valence-corrected chi connectivity index (χ3v) is 3.88. The highest BCUT2D eigenvalue weighted by Gasteiger charge is 2.22. The van der Waals surface area contributed by atoms with Crippen molar-refractivity contribution in [2.45, 2.75) is 47.1 Å². The zero-order chi connectivity index (χ0) is 16.2. The normalized spacial score (nSPS) is 11.3. The Hall–Kier alpha value is -1.40. The van der Waals surface area contributed by atoms with E-state index < -0.39 is 5.97 Å². The standard InChI is InChI=1S/C15H23NO4S/c1-7-19-14(18)12-9(2)10(3)21-13(12)16-11(17)8-20-15(4,5)6/h7-8H2,1-6H3,(H,16,17). The molecule has 1 amide bonds. The number of carbonyl (C=O) groups is 2. The predicted octanol–water partition coefficient (Wildman–Crippen LogP) is 3.30. The lowest BCUT2D eigenvalue weighted by molar-refractivity contribution is -0.125. The van der Waals surface area contributed by atoms with Crippen molar-refractivity contribution >= 4 is 28.2 Å². The van der Waals surface area contributed by atoms with E-state index in [2.05, 4.69) is 5.32 Å². The molecule has 0 aliphatic heterocycles. The third kappa shape index (κ3) is 5.13. The molecule has 5 nitrogen and oxygen atoms in total. The Kier molecular flexibility index (Phi) is 5.92. The number of anilines is 1. The molecule has 0 aliphatic carbocycles. The topological polar surface area (TPSA) is 64.6 Å². The number of ether oxygens (including phenoxy) is 2. The van der Waals surface area contributed by atoms with Gasteiger partial charge < -0.3 is 14.8 Å². The van der Waals surface area contributed by atoms with Crippen molar-refractivity contribution < 1.29 is 19.1 Å². The monoisotopic (exact) mass is 313 g/mol. The lowest BCUT2D eigenvalue weighted by atomic mass is 10.1. The zero-order valence-electron chi connectivity index (χ0n) is 13.5. The highest BCUT2D eigenvalue weighted by molar-refractivity contribution is 7.16. The molecule has 1 aromatic rings. The molecule has 0 saturated heterocycles. The van der Waals surface area contributed by atoms with Gasteiger partial charge in [0.1, 0.15) is 11.6 Å². The molecule has 0 bridgehead atoms. The van der Waals surface area contributed by atoms with Gasteiger partial charge in [0.2, 0.25) is 0 Å². The minimum Gasteiger partial charge on any atom is -0.462 e. The van der Waals surface area contributed by atoms with Crippen LogP contribution in [-0.4, -0.2) is 30.7 Å². The van der Waals surface area contributed by atoms with Crippen molar-refractivity contribution in [3.05, 3.63) is 16.0 Å². The van der Waals surface area contributed by atoms with Crippen molar-refractivity contribution in [2.75, 3.05) is 18.5 Å². The molecule has 1 heterocycles. The molecule has 0 unspecified atom stereocenters. The van der Waals surface area contributed by atoms with E-state index in [9.17, 15) is 9.59 Å². The Morgan fingerprint density at radius 3 is 2.38 bits per heavy atom. The fourth-order valence-corrected chi connectivity index (χ4v) is 2.67. The maximum absolute atomic E-state index is 12.0. The van der Waals surface area contributed by atoms with E-state index in [1.165, 1.54) is 11.3 Å². The number of nitrogens with one attached hydrogen (secondary N) is 1. The molecule has 0 atom stereocenters.